The molecule has 0 radical (unpaired) electrons. The van der Waals surface area contributed by atoms with Crippen LogP contribution >= 0.6 is 0 Å². The highest BCUT2D eigenvalue weighted by atomic mass is 16.3. The highest BCUT2D eigenvalue weighted by molar-refractivity contribution is 5.02. The molecule has 0 aromatic rings. The fourth-order valence-corrected chi connectivity index (χ4v) is 5.34. The first kappa shape index (κ1) is 12.0. The molecule has 4 fully saturated rings. The van der Waals surface area contributed by atoms with Gasteiger partial charge in [-0.25, -0.2) is 0 Å². The molecule has 4 rings (SSSR count). The van der Waals surface area contributed by atoms with Crippen LogP contribution in [0.25, 0.3) is 0 Å². The second-order valence-electron chi connectivity index (χ2n) is 7.40. The van der Waals surface area contributed by atoms with Crippen LogP contribution in [0.1, 0.15) is 51.9 Å². The fourth-order valence-electron chi connectivity index (χ4n) is 5.34. The van der Waals surface area contributed by atoms with E-state index in [0.717, 1.165) is 24.2 Å². The standard InChI is InChI=1S/C15H27NO/c1-10(9-16)14(17)8-15-5-11-2-12(6-15)4-13(3-11)7-15/h10-14,17H,2-9,16H2,1H3. The van der Waals surface area contributed by atoms with Crippen LogP contribution in [0.5, 0.6) is 0 Å². The molecule has 4 saturated carbocycles. The van der Waals surface area contributed by atoms with Crippen molar-refractivity contribution in [2.24, 2.45) is 34.8 Å². The molecular weight excluding hydrogens is 210 g/mol. The third-order valence-electron chi connectivity index (χ3n) is 5.84. The van der Waals surface area contributed by atoms with E-state index in [0.29, 0.717) is 12.0 Å². The molecule has 4 aliphatic carbocycles. The molecule has 2 atom stereocenters. The Morgan fingerprint density at radius 3 is 2.00 bits per heavy atom. The second-order valence-corrected chi connectivity index (χ2v) is 7.40. The summed E-state index contributed by atoms with van der Waals surface area (Å²) in [4.78, 5) is 0. The third-order valence-corrected chi connectivity index (χ3v) is 5.84. The minimum absolute atomic E-state index is 0.170. The number of hydrogen-bond donors (Lipinski definition) is 2. The molecule has 2 unspecified atom stereocenters. The monoisotopic (exact) mass is 237 g/mol. The van der Waals surface area contributed by atoms with E-state index >= 15 is 0 Å². The Hall–Kier alpha value is -0.0800. The van der Waals surface area contributed by atoms with Crippen LogP contribution in [0.3, 0.4) is 0 Å². The normalized spacial score (nSPS) is 47.1. The van der Waals surface area contributed by atoms with Crippen molar-refractivity contribution in [3.05, 3.63) is 0 Å². The molecule has 2 nitrogen and oxygen atoms in total. The van der Waals surface area contributed by atoms with Crippen molar-refractivity contribution in [3.8, 4) is 0 Å². The lowest BCUT2D eigenvalue weighted by Crippen LogP contribution is -2.48. The van der Waals surface area contributed by atoms with Crippen molar-refractivity contribution >= 4 is 0 Å². The Bertz CT molecular complexity index is 253. The molecule has 4 bridgehead atoms. The van der Waals surface area contributed by atoms with Crippen molar-refractivity contribution in [1.29, 1.82) is 0 Å². The molecule has 4 aliphatic rings. The molecule has 3 N–H and O–H groups in total. The highest BCUT2D eigenvalue weighted by Gasteiger charge is 2.51. The zero-order valence-electron chi connectivity index (χ0n) is 11.1. The predicted octanol–water partition coefficient (Wildman–Crippen LogP) is 2.55. The summed E-state index contributed by atoms with van der Waals surface area (Å²) in [5, 5.41) is 10.3. The summed E-state index contributed by atoms with van der Waals surface area (Å²) in [6.07, 6.45) is 9.50. The van der Waals surface area contributed by atoms with Crippen LogP contribution in [0.15, 0.2) is 0 Å². The van der Waals surface area contributed by atoms with Crippen molar-refractivity contribution < 1.29 is 5.11 Å². The predicted molar refractivity (Wildman–Crippen MR) is 69.4 cm³/mol. The van der Waals surface area contributed by atoms with Gasteiger partial charge in [0.1, 0.15) is 0 Å². The number of aliphatic hydroxyl groups excluding tert-OH is 1. The van der Waals surface area contributed by atoms with E-state index in [-0.39, 0.29) is 12.0 Å². The second kappa shape index (κ2) is 4.24. The third kappa shape index (κ3) is 2.15. The van der Waals surface area contributed by atoms with Gasteiger partial charge < -0.3 is 10.8 Å². The van der Waals surface area contributed by atoms with Crippen LogP contribution in [-0.4, -0.2) is 17.8 Å². The van der Waals surface area contributed by atoms with Crippen LogP contribution in [0, 0.1) is 29.1 Å². The Kier molecular flexibility index (Phi) is 2.99. The Morgan fingerprint density at radius 2 is 1.59 bits per heavy atom. The van der Waals surface area contributed by atoms with Crippen LogP contribution in [0.2, 0.25) is 0 Å². The first-order valence-electron chi connectivity index (χ1n) is 7.48. The SMILES string of the molecule is CC(CN)C(O)CC12CC3CC(CC(C3)C1)C2. The lowest BCUT2D eigenvalue weighted by Gasteiger charge is -2.57. The minimum Gasteiger partial charge on any atom is -0.393 e. The van der Waals surface area contributed by atoms with Crippen molar-refractivity contribution in [3.63, 3.8) is 0 Å². The largest absolute Gasteiger partial charge is 0.393 e. The summed E-state index contributed by atoms with van der Waals surface area (Å²) in [6, 6.07) is 0. The van der Waals surface area contributed by atoms with Gasteiger partial charge in [-0.2, -0.15) is 0 Å². The van der Waals surface area contributed by atoms with E-state index in [9.17, 15) is 5.11 Å². The molecule has 0 spiro atoms. The summed E-state index contributed by atoms with van der Waals surface area (Å²) in [7, 11) is 0. The first-order valence-corrected chi connectivity index (χ1v) is 7.48. The van der Waals surface area contributed by atoms with Gasteiger partial charge in [-0.3, -0.25) is 0 Å². The van der Waals surface area contributed by atoms with Crippen molar-refractivity contribution in [1.82, 2.24) is 0 Å². The topological polar surface area (TPSA) is 46.2 Å². The summed E-state index contributed by atoms with van der Waals surface area (Å²) >= 11 is 0. The van der Waals surface area contributed by atoms with E-state index in [1.54, 1.807) is 0 Å². The van der Waals surface area contributed by atoms with Gasteiger partial charge in [0.2, 0.25) is 0 Å². The van der Waals surface area contributed by atoms with Gasteiger partial charge >= 0.3 is 0 Å². The maximum Gasteiger partial charge on any atom is 0.0583 e. The van der Waals surface area contributed by atoms with Gasteiger partial charge in [0, 0.05) is 0 Å². The Morgan fingerprint density at radius 1 is 1.12 bits per heavy atom. The molecule has 0 saturated heterocycles. The van der Waals surface area contributed by atoms with Crippen LogP contribution in [-0.2, 0) is 0 Å². The fraction of sp³-hybridized carbons (Fsp3) is 1.00. The maximum absolute atomic E-state index is 10.3. The van der Waals surface area contributed by atoms with Gasteiger partial charge in [-0.15, -0.1) is 0 Å². The molecule has 0 aromatic heterocycles. The first-order chi connectivity index (χ1) is 8.10. The molecular formula is C15H27NO. The van der Waals surface area contributed by atoms with Gasteiger partial charge in [-0.1, -0.05) is 6.92 Å². The average Bonchev–Trinajstić information content (AvgIpc) is 2.25. The molecule has 2 heteroatoms. The van der Waals surface area contributed by atoms with E-state index in [4.69, 9.17) is 5.73 Å². The van der Waals surface area contributed by atoms with Crippen molar-refractivity contribution in [2.75, 3.05) is 6.54 Å². The molecule has 0 aromatic carbocycles. The number of aliphatic hydroxyl groups is 1. The highest BCUT2D eigenvalue weighted by Crippen LogP contribution is 2.61. The zero-order valence-corrected chi connectivity index (χ0v) is 11.1. The summed E-state index contributed by atoms with van der Waals surface area (Å²) in [5.74, 6) is 3.23. The van der Waals surface area contributed by atoms with E-state index in [2.05, 4.69) is 6.92 Å². The Balaban J connectivity index is 1.69. The quantitative estimate of drug-likeness (QED) is 0.789. The van der Waals surface area contributed by atoms with Crippen LogP contribution in [0.4, 0.5) is 0 Å². The lowest BCUT2D eigenvalue weighted by molar-refractivity contribution is -0.0817. The van der Waals surface area contributed by atoms with Gasteiger partial charge in [0.15, 0.2) is 0 Å². The lowest BCUT2D eigenvalue weighted by atomic mass is 9.48. The Labute approximate surface area is 105 Å². The summed E-state index contributed by atoms with van der Waals surface area (Å²) < 4.78 is 0. The van der Waals surface area contributed by atoms with Gasteiger partial charge in [-0.05, 0) is 80.6 Å². The van der Waals surface area contributed by atoms with E-state index < -0.39 is 0 Å². The molecule has 0 aliphatic heterocycles. The molecule has 98 valence electrons. The zero-order chi connectivity index (χ0) is 12.0. The van der Waals surface area contributed by atoms with E-state index in [1.165, 1.54) is 38.5 Å². The van der Waals surface area contributed by atoms with E-state index in [1.807, 2.05) is 0 Å². The van der Waals surface area contributed by atoms with Crippen LogP contribution < -0.4 is 5.73 Å². The summed E-state index contributed by atoms with van der Waals surface area (Å²) in [5.41, 5.74) is 6.18. The number of hydrogen-bond acceptors (Lipinski definition) is 2. The number of rotatable bonds is 4. The average molecular weight is 237 g/mol. The van der Waals surface area contributed by atoms with Gasteiger partial charge in [0.25, 0.3) is 0 Å². The minimum atomic E-state index is -0.170. The van der Waals surface area contributed by atoms with Gasteiger partial charge in [0.05, 0.1) is 6.10 Å². The summed E-state index contributed by atoms with van der Waals surface area (Å²) in [6.45, 7) is 2.71. The smallest absolute Gasteiger partial charge is 0.0583 e. The van der Waals surface area contributed by atoms with Crippen molar-refractivity contribution in [2.45, 2.75) is 58.0 Å². The maximum atomic E-state index is 10.3. The number of nitrogens with two attached hydrogens (primary N) is 1. The molecule has 0 amide bonds. The molecule has 0 heterocycles. The molecule has 17 heavy (non-hydrogen) atoms.